The fraction of sp³-hybridized carbons (Fsp3) is 1.00. The topological polar surface area (TPSA) is 34.1 Å². The van der Waals surface area contributed by atoms with Crippen LogP contribution in [0.15, 0.2) is 0 Å². The molecule has 19 heavy (non-hydrogen) atoms. The van der Waals surface area contributed by atoms with Gasteiger partial charge in [0.15, 0.2) is 0 Å². The lowest BCUT2D eigenvalue weighted by atomic mass is 10.2. The third-order valence-corrected chi connectivity index (χ3v) is 4.91. The normalized spacial score (nSPS) is 18.2. The van der Waals surface area contributed by atoms with E-state index in [1.807, 2.05) is 0 Å². The maximum atomic E-state index is 13.3. The molecular weight excluding hydrogens is 336 g/mol. The first-order valence-electron chi connectivity index (χ1n) is 4.48. The Kier molecular flexibility index (Phi) is 4.82. The number of sulfone groups is 1. The molecule has 0 fully saturated rings. The summed E-state index contributed by atoms with van der Waals surface area (Å²) in [4.78, 5) is 0. The molecule has 0 rings (SSSR count). The van der Waals surface area contributed by atoms with E-state index in [2.05, 4.69) is 11.6 Å². The first-order chi connectivity index (χ1) is 8.06. The Morgan fingerprint density at radius 2 is 1.26 bits per heavy atom. The average molecular weight is 343 g/mol. The van der Waals surface area contributed by atoms with E-state index in [4.69, 9.17) is 0 Å². The summed E-state index contributed by atoms with van der Waals surface area (Å²) in [5.41, 5.74) is 0. The summed E-state index contributed by atoms with van der Waals surface area (Å²) in [6.07, 6.45) is -7.38. The monoisotopic (exact) mass is 342 g/mol. The largest absolute Gasteiger partial charge is 0.460 e. The van der Waals surface area contributed by atoms with Crippen LogP contribution in [-0.4, -0.2) is 36.7 Å². The van der Waals surface area contributed by atoms with Crippen LogP contribution in [-0.2, 0) is 9.84 Å². The summed E-state index contributed by atoms with van der Waals surface area (Å²) in [6, 6.07) is 0. The minimum Gasteiger partial charge on any atom is -0.224 e. The molecule has 1 unspecified atom stereocenters. The number of rotatable bonds is 5. The molecule has 0 aliphatic carbocycles. The summed E-state index contributed by atoms with van der Waals surface area (Å²) < 4.78 is 116. The van der Waals surface area contributed by atoms with E-state index in [1.165, 1.54) is 0 Å². The van der Waals surface area contributed by atoms with Crippen molar-refractivity contribution < 1.29 is 43.5 Å². The molecule has 2 nitrogen and oxygen atoms in total. The third-order valence-electron chi connectivity index (χ3n) is 1.98. The molecule has 0 aromatic carbocycles. The highest BCUT2D eigenvalue weighted by Crippen LogP contribution is 2.55. The zero-order valence-electron chi connectivity index (χ0n) is 9.04. The minimum atomic E-state index is -6.95. The predicted molar refractivity (Wildman–Crippen MR) is 49.7 cm³/mol. The van der Waals surface area contributed by atoms with Gasteiger partial charge in [-0.15, -0.1) is 0 Å². The van der Waals surface area contributed by atoms with Crippen LogP contribution < -0.4 is 0 Å². The van der Waals surface area contributed by atoms with Crippen molar-refractivity contribution in [1.82, 2.24) is 0 Å². The van der Waals surface area contributed by atoms with E-state index in [0.29, 0.717) is 0 Å². The quantitative estimate of drug-likeness (QED) is 0.566. The Balaban J connectivity index is 5.92. The predicted octanol–water partition coefficient (Wildman–Crippen LogP) is 3.51. The highest BCUT2D eigenvalue weighted by molar-refractivity contribution is 7.94. The zero-order valence-corrected chi connectivity index (χ0v) is 10.6. The van der Waals surface area contributed by atoms with Gasteiger partial charge in [-0.05, 0) is 6.42 Å². The highest BCUT2D eigenvalue weighted by atomic mass is 35.5. The van der Waals surface area contributed by atoms with Crippen molar-refractivity contribution in [2.24, 2.45) is 0 Å². The Hall–Kier alpha value is -0.320. The second kappa shape index (κ2) is 4.90. The molecule has 0 radical (unpaired) electrons. The third kappa shape index (κ3) is 2.76. The van der Waals surface area contributed by atoms with Crippen molar-refractivity contribution in [1.29, 1.82) is 0 Å². The van der Waals surface area contributed by atoms with Crippen LogP contribution in [0.1, 0.15) is 13.3 Å². The molecule has 0 aromatic heterocycles. The van der Waals surface area contributed by atoms with Gasteiger partial charge in [-0.2, -0.15) is 30.7 Å². The van der Waals surface area contributed by atoms with E-state index < -0.39 is 44.5 Å². The smallest absolute Gasteiger partial charge is 0.224 e. The lowest BCUT2D eigenvalue weighted by molar-refractivity contribution is -0.363. The zero-order chi connectivity index (χ0) is 15.9. The average Bonchev–Trinajstić information content (AvgIpc) is 2.14. The molecule has 0 bridgehead atoms. The maximum absolute atomic E-state index is 13.3. The Morgan fingerprint density at radius 3 is 1.53 bits per heavy atom. The van der Waals surface area contributed by atoms with Gasteiger partial charge in [-0.3, -0.25) is 0 Å². The highest BCUT2D eigenvalue weighted by Gasteiger charge is 2.83. The van der Waals surface area contributed by atoms with E-state index in [1.54, 1.807) is 0 Å². The van der Waals surface area contributed by atoms with E-state index >= 15 is 0 Å². The maximum Gasteiger partial charge on any atom is 0.460 e. The van der Waals surface area contributed by atoms with Gasteiger partial charge in [0.25, 0.3) is 0 Å². The SMILES string of the molecule is CCCS(=O)(=O)C(F)(Cl)C(F)(F)C(F)(F)C(F)(F)F. The molecule has 0 aromatic rings. The molecule has 0 amide bonds. The summed E-state index contributed by atoms with van der Waals surface area (Å²) in [6.45, 7) is 1.05. The van der Waals surface area contributed by atoms with Gasteiger partial charge < -0.3 is 0 Å². The van der Waals surface area contributed by atoms with Gasteiger partial charge in [0.1, 0.15) is 0 Å². The molecule has 0 N–H and O–H groups in total. The molecule has 0 aliphatic heterocycles. The van der Waals surface area contributed by atoms with Gasteiger partial charge in [0, 0.05) is 0 Å². The van der Waals surface area contributed by atoms with Gasteiger partial charge >= 0.3 is 22.5 Å². The van der Waals surface area contributed by atoms with Gasteiger partial charge in [0.2, 0.25) is 9.84 Å². The molecular formula is C7H7ClF8O2S. The van der Waals surface area contributed by atoms with Crippen LogP contribution in [0.3, 0.4) is 0 Å². The first kappa shape index (κ1) is 18.7. The second-order valence-electron chi connectivity index (χ2n) is 3.48. The Morgan fingerprint density at radius 1 is 0.895 bits per heavy atom. The van der Waals surface area contributed by atoms with Crippen LogP contribution in [0, 0.1) is 0 Å². The molecule has 0 aliphatic rings. The van der Waals surface area contributed by atoms with Crippen LogP contribution >= 0.6 is 11.6 Å². The Labute approximate surface area is 107 Å². The lowest BCUT2D eigenvalue weighted by Crippen LogP contribution is -2.63. The van der Waals surface area contributed by atoms with Crippen LogP contribution in [0.2, 0.25) is 0 Å². The molecule has 0 heterocycles. The van der Waals surface area contributed by atoms with Crippen molar-refractivity contribution in [2.45, 2.75) is 35.8 Å². The van der Waals surface area contributed by atoms with Gasteiger partial charge in [-0.1, -0.05) is 18.5 Å². The summed E-state index contributed by atoms with van der Waals surface area (Å²) in [7, 11) is -5.74. The van der Waals surface area contributed by atoms with Gasteiger partial charge in [-0.25, -0.2) is 12.8 Å². The number of hydrogen-bond donors (Lipinski definition) is 0. The standard InChI is InChI=1S/C7H7ClF8O2S/c1-2-3-19(17,18)6(8,13)4(9,10)5(11,12)7(14,15)16/h2-3H2,1H3. The van der Waals surface area contributed by atoms with Crippen LogP contribution in [0.5, 0.6) is 0 Å². The van der Waals surface area contributed by atoms with Crippen molar-refractivity contribution in [2.75, 3.05) is 5.75 Å². The van der Waals surface area contributed by atoms with E-state index in [0.717, 1.165) is 6.92 Å². The summed E-state index contributed by atoms with van der Waals surface area (Å²) in [5.74, 6) is -15.1. The molecule has 12 heteroatoms. The Bertz CT molecular complexity index is 427. The van der Waals surface area contributed by atoms with Gasteiger partial charge in [0.05, 0.1) is 5.75 Å². The van der Waals surface area contributed by atoms with Crippen LogP contribution in [0.25, 0.3) is 0 Å². The van der Waals surface area contributed by atoms with E-state index in [9.17, 15) is 43.5 Å². The molecule has 116 valence electrons. The fourth-order valence-corrected chi connectivity index (χ4v) is 2.62. The van der Waals surface area contributed by atoms with Crippen molar-refractivity contribution >= 4 is 21.4 Å². The fourth-order valence-electron chi connectivity index (χ4n) is 0.953. The van der Waals surface area contributed by atoms with E-state index in [-0.39, 0.29) is 0 Å². The number of halogens is 9. The lowest BCUT2D eigenvalue weighted by Gasteiger charge is -2.34. The molecule has 1 atom stereocenters. The molecule has 0 saturated heterocycles. The van der Waals surface area contributed by atoms with Crippen molar-refractivity contribution in [3.8, 4) is 0 Å². The number of hydrogen-bond acceptors (Lipinski definition) is 2. The molecule has 0 spiro atoms. The molecule has 0 saturated carbocycles. The van der Waals surface area contributed by atoms with Crippen molar-refractivity contribution in [3.63, 3.8) is 0 Å². The summed E-state index contributed by atoms with van der Waals surface area (Å²) in [5, 5.41) is 0. The second-order valence-corrected chi connectivity index (χ2v) is 6.43. The first-order valence-corrected chi connectivity index (χ1v) is 6.51. The summed E-state index contributed by atoms with van der Waals surface area (Å²) >= 11 is 4.20. The van der Waals surface area contributed by atoms with Crippen LogP contribution in [0.4, 0.5) is 35.1 Å². The minimum absolute atomic E-state index is 0.506. The van der Waals surface area contributed by atoms with Crippen molar-refractivity contribution in [3.05, 3.63) is 0 Å². The number of alkyl halides is 9.